The lowest BCUT2D eigenvalue weighted by Crippen LogP contribution is -1.96. The van der Waals surface area contributed by atoms with E-state index in [1.165, 1.54) is 18.1 Å². The maximum absolute atomic E-state index is 7.57. The number of fused-ring (bicyclic) bond motifs is 3. The first kappa shape index (κ1) is 17.0. The summed E-state index contributed by atoms with van der Waals surface area (Å²) in [5, 5.41) is 9.20. The topological polar surface area (TPSA) is 80.1 Å². The van der Waals surface area contributed by atoms with E-state index in [0.29, 0.717) is 16.5 Å². The molecule has 0 amide bonds. The Bertz CT molecular complexity index is 1270. The van der Waals surface area contributed by atoms with Gasteiger partial charge in [0.15, 0.2) is 0 Å². The highest BCUT2D eigenvalue weighted by molar-refractivity contribution is 6.33. The number of rotatable bonds is 4. The van der Waals surface area contributed by atoms with Crippen LogP contribution in [0.1, 0.15) is 30.0 Å². The number of nitrogens with one attached hydrogen (secondary N) is 1. The Morgan fingerprint density at radius 1 is 1.25 bits per heavy atom. The molecule has 138 valence electrons. The molecule has 1 fully saturated rings. The van der Waals surface area contributed by atoms with E-state index in [9.17, 15) is 0 Å². The van der Waals surface area contributed by atoms with E-state index >= 15 is 0 Å². The molecule has 6 heteroatoms. The minimum Gasteiger partial charge on any atom is -0.404 e. The summed E-state index contributed by atoms with van der Waals surface area (Å²) in [4.78, 5) is 9.57. The molecule has 3 heterocycles. The summed E-state index contributed by atoms with van der Waals surface area (Å²) in [7, 11) is 0. The van der Waals surface area contributed by atoms with Gasteiger partial charge in [0.05, 0.1) is 21.9 Å². The van der Waals surface area contributed by atoms with Crippen molar-refractivity contribution in [2.45, 2.75) is 18.8 Å². The quantitative estimate of drug-likeness (QED) is 0.482. The van der Waals surface area contributed by atoms with E-state index in [4.69, 9.17) is 27.7 Å². The lowest BCUT2D eigenvalue weighted by molar-refractivity contribution is 0.989. The van der Waals surface area contributed by atoms with Crippen LogP contribution in [0, 0.1) is 5.41 Å². The normalized spacial score (nSPS) is 14.7. The molecule has 5 nitrogen and oxygen atoms in total. The molecule has 0 bridgehead atoms. The first-order valence-corrected chi connectivity index (χ1v) is 9.57. The zero-order valence-corrected chi connectivity index (χ0v) is 15.8. The number of hydrogen-bond donors (Lipinski definition) is 2. The molecule has 0 saturated heterocycles. The summed E-state index contributed by atoms with van der Waals surface area (Å²) in [6, 6.07) is 11.8. The van der Waals surface area contributed by atoms with Crippen LogP contribution in [0.5, 0.6) is 0 Å². The van der Waals surface area contributed by atoms with Crippen molar-refractivity contribution in [3.05, 3.63) is 71.3 Å². The summed E-state index contributed by atoms with van der Waals surface area (Å²) in [5.41, 5.74) is 11.9. The van der Waals surface area contributed by atoms with E-state index in [2.05, 4.69) is 9.38 Å². The van der Waals surface area contributed by atoms with Crippen LogP contribution in [0.25, 0.3) is 33.4 Å². The Morgan fingerprint density at radius 3 is 2.79 bits per heavy atom. The maximum Gasteiger partial charge on any atom is 0.147 e. The molecule has 1 aromatic carbocycles. The molecule has 28 heavy (non-hydrogen) atoms. The van der Waals surface area contributed by atoms with Crippen LogP contribution in [0.2, 0.25) is 5.02 Å². The molecule has 0 radical (unpaired) electrons. The highest BCUT2D eigenvalue weighted by Crippen LogP contribution is 2.46. The second kappa shape index (κ2) is 6.46. The highest BCUT2D eigenvalue weighted by Gasteiger charge is 2.31. The van der Waals surface area contributed by atoms with Crippen molar-refractivity contribution in [2.24, 2.45) is 5.73 Å². The van der Waals surface area contributed by atoms with Crippen molar-refractivity contribution in [1.82, 2.24) is 14.4 Å². The van der Waals surface area contributed by atoms with E-state index in [1.54, 1.807) is 6.20 Å². The second-order valence-electron chi connectivity index (χ2n) is 7.03. The summed E-state index contributed by atoms with van der Waals surface area (Å²) < 4.78 is 2.17. The number of allylic oxidation sites excluding steroid dienone is 1. The van der Waals surface area contributed by atoms with E-state index in [0.717, 1.165) is 46.2 Å². The first-order valence-electron chi connectivity index (χ1n) is 9.19. The van der Waals surface area contributed by atoms with E-state index in [1.807, 2.05) is 42.6 Å². The van der Waals surface area contributed by atoms with E-state index in [-0.39, 0.29) is 0 Å². The van der Waals surface area contributed by atoms with Gasteiger partial charge >= 0.3 is 0 Å². The fraction of sp³-hybridized carbons (Fsp3) is 0.136. The molecule has 0 aliphatic heterocycles. The van der Waals surface area contributed by atoms with Crippen LogP contribution >= 0.6 is 11.6 Å². The summed E-state index contributed by atoms with van der Waals surface area (Å²) in [6.45, 7) is 0. The van der Waals surface area contributed by atoms with Gasteiger partial charge in [-0.25, -0.2) is 4.98 Å². The van der Waals surface area contributed by atoms with Crippen molar-refractivity contribution >= 4 is 39.9 Å². The number of aromatic nitrogens is 3. The number of halogens is 1. The molecule has 0 unspecified atom stereocenters. The Kier molecular flexibility index (Phi) is 3.91. The first-order chi connectivity index (χ1) is 13.7. The molecule has 0 spiro atoms. The number of hydrogen-bond acceptors (Lipinski definition) is 4. The third-order valence-electron chi connectivity index (χ3n) is 5.25. The van der Waals surface area contributed by atoms with Crippen molar-refractivity contribution in [3.63, 3.8) is 0 Å². The molecule has 4 aromatic rings. The largest absolute Gasteiger partial charge is 0.404 e. The average molecular weight is 388 g/mol. The predicted molar refractivity (Wildman–Crippen MR) is 114 cm³/mol. The Labute approximate surface area is 167 Å². The number of nitrogens with two attached hydrogens (primary N) is 1. The summed E-state index contributed by atoms with van der Waals surface area (Å²) in [6.07, 6.45) is 8.76. The fourth-order valence-electron chi connectivity index (χ4n) is 3.70. The van der Waals surface area contributed by atoms with Gasteiger partial charge in [0.2, 0.25) is 0 Å². The van der Waals surface area contributed by atoms with Gasteiger partial charge < -0.3 is 15.5 Å². The molecule has 1 saturated carbocycles. The fourth-order valence-corrected chi connectivity index (χ4v) is 3.93. The van der Waals surface area contributed by atoms with E-state index < -0.39 is 0 Å². The van der Waals surface area contributed by atoms with Crippen molar-refractivity contribution in [1.29, 1.82) is 5.41 Å². The second-order valence-corrected chi connectivity index (χ2v) is 7.44. The Hall–Kier alpha value is -3.18. The zero-order chi connectivity index (χ0) is 19.3. The van der Waals surface area contributed by atoms with Gasteiger partial charge in [0.25, 0.3) is 0 Å². The number of pyridine rings is 2. The zero-order valence-electron chi connectivity index (χ0n) is 15.1. The molecule has 3 aromatic heterocycles. The van der Waals surface area contributed by atoms with Gasteiger partial charge in [-0.2, -0.15) is 0 Å². The third-order valence-corrected chi connectivity index (χ3v) is 5.58. The number of imidazole rings is 1. The minimum atomic E-state index is 0.496. The monoisotopic (exact) mass is 387 g/mol. The van der Waals surface area contributed by atoms with Crippen LogP contribution in [0.15, 0.2) is 55.0 Å². The molecule has 5 rings (SSSR count). The third kappa shape index (κ3) is 2.59. The van der Waals surface area contributed by atoms with Gasteiger partial charge in [-0.3, -0.25) is 4.98 Å². The van der Waals surface area contributed by atoms with Crippen molar-refractivity contribution < 1.29 is 0 Å². The summed E-state index contributed by atoms with van der Waals surface area (Å²) >= 11 is 6.50. The van der Waals surface area contributed by atoms with Gasteiger partial charge in [-0.1, -0.05) is 29.8 Å². The van der Waals surface area contributed by atoms with Crippen LogP contribution < -0.4 is 5.73 Å². The molecular weight excluding hydrogens is 370 g/mol. The molecule has 0 atom stereocenters. The molecule has 3 N–H and O–H groups in total. The molecule has 1 aliphatic carbocycles. The standard InChI is InChI=1S/C22H18ClN5/c23-18-4-2-1-3-16(18)20-21(13-5-6-13)28-8-7-19-17(22(28)27-20)9-14(12-26-19)15(10-24)11-25/h1-4,7-13,24H,5-6,25H2. The van der Waals surface area contributed by atoms with Gasteiger partial charge in [-0.05, 0) is 31.0 Å². The predicted octanol–water partition coefficient (Wildman–Crippen LogP) is 5.03. The minimum absolute atomic E-state index is 0.496. The Morgan fingerprint density at radius 2 is 2.07 bits per heavy atom. The van der Waals surface area contributed by atoms with Crippen LogP contribution in [-0.4, -0.2) is 20.6 Å². The maximum atomic E-state index is 7.57. The lowest BCUT2D eigenvalue weighted by atomic mass is 10.1. The highest BCUT2D eigenvalue weighted by atomic mass is 35.5. The van der Waals surface area contributed by atoms with Gasteiger partial charge in [0, 0.05) is 52.8 Å². The molecule has 1 aliphatic rings. The number of nitrogens with zero attached hydrogens (tertiary/aromatic N) is 3. The van der Waals surface area contributed by atoms with Crippen molar-refractivity contribution in [3.8, 4) is 11.3 Å². The molecular formula is C22H18ClN5. The number of benzene rings is 1. The van der Waals surface area contributed by atoms with Gasteiger partial charge in [0.1, 0.15) is 5.65 Å². The van der Waals surface area contributed by atoms with Gasteiger partial charge in [-0.15, -0.1) is 0 Å². The lowest BCUT2D eigenvalue weighted by Gasteiger charge is -2.07. The average Bonchev–Trinajstić information content (AvgIpc) is 3.48. The summed E-state index contributed by atoms with van der Waals surface area (Å²) in [5.74, 6) is 0.496. The van der Waals surface area contributed by atoms with Crippen LogP contribution in [-0.2, 0) is 0 Å². The van der Waals surface area contributed by atoms with Crippen molar-refractivity contribution in [2.75, 3.05) is 0 Å². The SMILES string of the molecule is N=CC(=CN)c1cnc2ccn3c(C4CC4)c(-c4ccccc4Cl)nc3c2c1. The van der Waals surface area contributed by atoms with Crippen LogP contribution in [0.3, 0.4) is 0 Å². The smallest absolute Gasteiger partial charge is 0.147 e. The Balaban J connectivity index is 1.84. The van der Waals surface area contributed by atoms with Crippen LogP contribution in [0.4, 0.5) is 0 Å².